The molecule has 0 saturated heterocycles. The average Bonchev–Trinajstić information content (AvgIpc) is 3.17. The number of nitrogens with one attached hydrogen (secondary N) is 2. The van der Waals surface area contributed by atoms with Crippen LogP contribution in [0.25, 0.3) is 0 Å². The molecule has 0 aliphatic heterocycles. The van der Waals surface area contributed by atoms with Crippen LogP contribution in [0.2, 0.25) is 0 Å². The molecule has 1 fully saturated rings. The fraction of sp³-hybridized carbons (Fsp3) is 0.364. The lowest BCUT2D eigenvalue weighted by molar-refractivity contribution is -0.676. The molecule has 0 heterocycles. The van der Waals surface area contributed by atoms with Crippen molar-refractivity contribution in [3.05, 3.63) is 71.3 Å². The first-order chi connectivity index (χ1) is 13.1. The number of hydrogen-bond acceptors (Lipinski definition) is 2. The highest BCUT2D eigenvalue weighted by molar-refractivity contribution is 5.94. The number of carbonyl (C=O) groups is 2. The molecular formula is C22H28N3O2+. The number of nitrogens with two attached hydrogens (primary N) is 1. The van der Waals surface area contributed by atoms with Crippen LogP contribution in [0.3, 0.4) is 0 Å². The van der Waals surface area contributed by atoms with E-state index in [9.17, 15) is 9.59 Å². The van der Waals surface area contributed by atoms with Crippen molar-refractivity contribution in [1.29, 1.82) is 0 Å². The Morgan fingerprint density at radius 2 is 1.63 bits per heavy atom. The maximum absolute atomic E-state index is 12.2. The van der Waals surface area contributed by atoms with E-state index in [-0.39, 0.29) is 30.6 Å². The Hall–Kier alpha value is -2.66. The second-order valence-electron chi connectivity index (χ2n) is 7.24. The third-order valence-corrected chi connectivity index (χ3v) is 5.08. The lowest BCUT2D eigenvalue weighted by atomic mass is 9.98. The number of benzene rings is 2. The molecule has 1 saturated carbocycles. The number of carbonyl (C=O) groups excluding carboxylic acids is 2. The van der Waals surface area contributed by atoms with Crippen molar-refractivity contribution in [2.45, 2.75) is 44.7 Å². The Bertz CT molecular complexity index is 753. The van der Waals surface area contributed by atoms with Gasteiger partial charge < -0.3 is 10.6 Å². The minimum absolute atomic E-state index is 0.00967. The molecule has 4 N–H and O–H groups in total. The number of aryl methyl sites for hydroxylation is 1. The van der Waals surface area contributed by atoms with Gasteiger partial charge in [0.1, 0.15) is 6.04 Å². The number of quaternary nitrogens is 1. The van der Waals surface area contributed by atoms with Crippen LogP contribution < -0.4 is 16.0 Å². The number of amides is 3. The zero-order valence-corrected chi connectivity index (χ0v) is 15.8. The molecular weight excluding hydrogens is 338 g/mol. The Morgan fingerprint density at radius 3 is 2.30 bits per heavy atom. The topological polar surface area (TPSA) is 74.8 Å². The first-order valence-electron chi connectivity index (χ1n) is 9.67. The van der Waals surface area contributed by atoms with Crippen LogP contribution in [-0.4, -0.2) is 24.5 Å². The summed E-state index contributed by atoms with van der Waals surface area (Å²) in [5.74, 6) is -0.279. The monoisotopic (exact) mass is 366 g/mol. The van der Waals surface area contributed by atoms with Crippen LogP contribution >= 0.6 is 0 Å². The summed E-state index contributed by atoms with van der Waals surface area (Å²) in [6.45, 7) is 2.24. The van der Waals surface area contributed by atoms with Crippen LogP contribution in [0.4, 0.5) is 4.79 Å². The van der Waals surface area contributed by atoms with E-state index in [2.05, 4.69) is 54.0 Å². The molecule has 0 unspecified atom stereocenters. The molecule has 3 rings (SSSR count). The van der Waals surface area contributed by atoms with E-state index < -0.39 is 0 Å². The third kappa shape index (κ3) is 5.66. The zero-order valence-electron chi connectivity index (χ0n) is 15.8. The van der Waals surface area contributed by atoms with Gasteiger partial charge in [-0.1, -0.05) is 73.0 Å². The second kappa shape index (κ2) is 9.33. The molecule has 1 aliphatic carbocycles. The quantitative estimate of drug-likeness (QED) is 0.734. The smallest absolute Gasteiger partial charge is 0.321 e. The van der Waals surface area contributed by atoms with Gasteiger partial charge in [-0.25, -0.2) is 4.79 Å². The molecule has 2 aromatic rings. The standard InChI is InChI=1S/C22H27N3O2/c1-16-11-13-18(14-12-16)21(17-7-3-2-4-8-17)23-15-20(26)25-22(27)24-19-9-5-6-10-19/h2-4,7-8,11-14,19,21,23H,5-6,9-10,15H2,1H3,(H2,24,25,26,27)/p+1/t21-/m1/s1. The summed E-state index contributed by atoms with van der Waals surface area (Å²) in [6.07, 6.45) is 4.28. The van der Waals surface area contributed by atoms with Crippen LogP contribution in [0.1, 0.15) is 48.4 Å². The second-order valence-corrected chi connectivity index (χ2v) is 7.24. The van der Waals surface area contributed by atoms with Crippen LogP contribution in [0, 0.1) is 6.92 Å². The van der Waals surface area contributed by atoms with E-state index in [1.807, 2.05) is 23.5 Å². The van der Waals surface area contributed by atoms with Crippen molar-refractivity contribution in [2.75, 3.05) is 6.54 Å². The Morgan fingerprint density at radius 1 is 1.00 bits per heavy atom. The lowest BCUT2D eigenvalue weighted by Gasteiger charge is -2.17. The van der Waals surface area contributed by atoms with Gasteiger partial charge in [-0.05, 0) is 19.8 Å². The Balaban J connectivity index is 1.59. The van der Waals surface area contributed by atoms with Crippen LogP contribution in [-0.2, 0) is 4.79 Å². The number of urea groups is 1. The van der Waals surface area contributed by atoms with Crippen molar-refractivity contribution in [2.24, 2.45) is 0 Å². The van der Waals surface area contributed by atoms with Gasteiger partial charge in [0.2, 0.25) is 0 Å². The molecule has 0 spiro atoms. The maximum Gasteiger partial charge on any atom is 0.321 e. The lowest BCUT2D eigenvalue weighted by Crippen LogP contribution is -2.88. The van der Waals surface area contributed by atoms with Crippen molar-refractivity contribution >= 4 is 11.9 Å². The van der Waals surface area contributed by atoms with Crippen molar-refractivity contribution in [3.8, 4) is 0 Å². The predicted octanol–water partition coefficient (Wildman–Crippen LogP) is 2.42. The van der Waals surface area contributed by atoms with Gasteiger partial charge in [-0.15, -0.1) is 0 Å². The van der Waals surface area contributed by atoms with E-state index in [0.29, 0.717) is 0 Å². The van der Waals surface area contributed by atoms with Gasteiger partial charge in [0.25, 0.3) is 5.91 Å². The Labute approximate surface area is 160 Å². The molecule has 1 aliphatic rings. The molecule has 0 bridgehead atoms. The minimum atomic E-state index is -0.383. The minimum Gasteiger partial charge on any atom is -0.335 e. The van der Waals surface area contributed by atoms with E-state index in [1.54, 1.807) is 0 Å². The summed E-state index contributed by atoms with van der Waals surface area (Å²) in [5.41, 5.74) is 3.46. The zero-order chi connectivity index (χ0) is 19.1. The normalized spacial score (nSPS) is 15.3. The molecule has 142 valence electrons. The molecule has 2 aromatic carbocycles. The van der Waals surface area contributed by atoms with E-state index in [0.717, 1.165) is 36.8 Å². The number of rotatable bonds is 6. The largest absolute Gasteiger partial charge is 0.335 e. The van der Waals surface area contributed by atoms with Crippen molar-refractivity contribution < 1.29 is 14.9 Å². The van der Waals surface area contributed by atoms with Gasteiger partial charge >= 0.3 is 6.03 Å². The summed E-state index contributed by atoms with van der Waals surface area (Å²) in [5, 5.41) is 7.31. The summed E-state index contributed by atoms with van der Waals surface area (Å²) < 4.78 is 0. The first-order valence-corrected chi connectivity index (χ1v) is 9.67. The number of hydrogen-bond donors (Lipinski definition) is 3. The van der Waals surface area contributed by atoms with E-state index in [1.165, 1.54) is 5.56 Å². The van der Waals surface area contributed by atoms with Crippen LogP contribution in [0.5, 0.6) is 0 Å². The molecule has 5 heteroatoms. The predicted molar refractivity (Wildman–Crippen MR) is 105 cm³/mol. The Kier molecular flexibility index (Phi) is 6.60. The maximum atomic E-state index is 12.2. The first kappa shape index (κ1) is 19.1. The van der Waals surface area contributed by atoms with Gasteiger partial charge in [0, 0.05) is 17.2 Å². The summed E-state index contributed by atoms with van der Waals surface area (Å²) >= 11 is 0. The molecule has 0 radical (unpaired) electrons. The fourth-order valence-corrected chi connectivity index (χ4v) is 3.59. The SMILES string of the molecule is Cc1ccc([C@H]([NH2+]CC(=O)NC(=O)NC2CCCC2)c2ccccc2)cc1. The summed E-state index contributed by atoms with van der Waals surface area (Å²) in [4.78, 5) is 24.2. The van der Waals surface area contributed by atoms with E-state index >= 15 is 0 Å². The molecule has 5 nitrogen and oxygen atoms in total. The number of imide groups is 1. The van der Waals surface area contributed by atoms with Crippen molar-refractivity contribution in [1.82, 2.24) is 10.6 Å². The van der Waals surface area contributed by atoms with Gasteiger partial charge in [-0.3, -0.25) is 10.1 Å². The highest BCUT2D eigenvalue weighted by Crippen LogP contribution is 2.19. The third-order valence-electron chi connectivity index (χ3n) is 5.08. The highest BCUT2D eigenvalue weighted by atomic mass is 16.2. The molecule has 27 heavy (non-hydrogen) atoms. The van der Waals surface area contributed by atoms with E-state index in [4.69, 9.17) is 0 Å². The van der Waals surface area contributed by atoms with Crippen LogP contribution in [0.15, 0.2) is 54.6 Å². The van der Waals surface area contributed by atoms with Crippen molar-refractivity contribution in [3.63, 3.8) is 0 Å². The molecule has 0 aromatic heterocycles. The summed E-state index contributed by atoms with van der Waals surface area (Å²) in [7, 11) is 0. The van der Waals surface area contributed by atoms with Gasteiger partial charge in [0.05, 0.1) is 0 Å². The summed E-state index contributed by atoms with van der Waals surface area (Å²) in [6, 6.07) is 18.3. The van der Waals surface area contributed by atoms with Gasteiger partial charge in [0.15, 0.2) is 6.54 Å². The van der Waals surface area contributed by atoms with Gasteiger partial charge in [-0.2, -0.15) is 0 Å². The highest BCUT2D eigenvalue weighted by Gasteiger charge is 2.21. The molecule has 1 atom stereocenters. The fourth-order valence-electron chi connectivity index (χ4n) is 3.59. The molecule has 3 amide bonds. The average molecular weight is 366 g/mol.